The number of para-hydroxylation sites is 2. The van der Waals surface area contributed by atoms with E-state index in [4.69, 9.17) is 9.47 Å². The molecular formula is C32H30N2O4. The molecule has 0 saturated heterocycles. The number of azo groups is 1. The normalized spacial score (nSPS) is 12.6. The number of carbonyl (C=O) groups is 2. The molecule has 0 fully saturated rings. The van der Waals surface area contributed by atoms with Crippen molar-refractivity contribution >= 4 is 23.3 Å². The average molecular weight is 507 g/mol. The minimum Gasteiger partial charge on any atom is -0.424 e. The third-order valence-corrected chi connectivity index (χ3v) is 6.13. The Hall–Kier alpha value is -4.58. The zero-order valence-electron chi connectivity index (χ0n) is 21.5. The van der Waals surface area contributed by atoms with Gasteiger partial charge in [-0.25, -0.2) is 0 Å². The van der Waals surface area contributed by atoms with Crippen LogP contribution in [0.4, 0.5) is 11.4 Å². The van der Waals surface area contributed by atoms with Gasteiger partial charge in [-0.2, -0.15) is 0 Å². The van der Waals surface area contributed by atoms with E-state index in [9.17, 15) is 9.59 Å². The lowest BCUT2D eigenvalue weighted by Crippen LogP contribution is -2.11. The molecule has 2 atom stereocenters. The van der Waals surface area contributed by atoms with Gasteiger partial charge in [-0.15, -0.1) is 10.2 Å². The van der Waals surface area contributed by atoms with Crippen LogP contribution in [0.15, 0.2) is 119 Å². The molecule has 0 N–H and O–H groups in total. The van der Waals surface area contributed by atoms with Gasteiger partial charge in [0.15, 0.2) is 11.5 Å². The number of hydrogen-bond donors (Lipinski definition) is 0. The highest BCUT2D eigenvalue weighted by Gasteiger charge is 2.16. The Morgan fingerprint density at radius 1 is 0.553 bits per heavy atom. The van der Waals surface area contributed by atoms with Crippen molar-refractivity contribution < 1.29 is 19.1 Å². The lowest BCUT2D eigenvalue weighted by atomic mass is 9.98. The second kappa shape index (κ2) is 13.1. The third-order valence-electron chi connectivity index (χ3n) is 6.13. The van der Waals surface area contributed by atoms with E-state index in [1.165, 1.54) is 0 Å². The molecule has 0 spiro atoms. The van der Waals surface area contributed by atoms with Gasteiger partial charge in [-0.1, -0.05) is 98.8 Å². The minimum atomic E-state index is -0.356. The number of ether oxygens (including phenoxy) is 2. The molecule has 0 heterocycles. The SMILES string of the molecule is CC(CC(=O)Oc1ccccc1N=Nc1ccccc1OC(=O)C[C@@H](C)c1ccccc1)c1ccccc1. The van der Waals surface area contributed by atoms with Crippen LogP contribution < -0.4 is 9.47 Å². The van der Waals surface area contributed by atoms with Crippen molar-refractivity contribution in [3.63, 3.8) is 0 Å². The van der Waals surface area contributed by atoms with Crippen LogP contribution in [0.3, 0.4) is 0 Å². The number of nitrogens with zero attached hydrogens (tertiary/aromatic N) is 2. The van der Waals surface area contributed by atoms with E-state index < -0.39 is 0 Å². The molecule has 1 unspecified atom stereocenters. The lowest BCUT2D eigenvalue weighted by molar-refractivity contribution is -0.135. The molecule has 0 aliphatic rings. The Labute approximate surface area is 223 Å². The largest absolute Gasteiger partial charge is 0.424 e. The molecule has 192 valence electrons. The molecule has 0 saturated carbocycles. The number of rotatable bonds is 10. The van der Waals surface area contributed by atoms with E-state index in [0.717, 1.165) is 11.1 Å². The summed E-state index contributed by atoms with van der Waals surface area (Å²) >= 11 is 0. The molecule has 0 bridgehead atoms. The molecule has 0 aromatic heterocycles. The van der Waals surface area contributed by atoms with Crippen molar-refractivity contribution in [1.82, 2.24) is 0 Å². The van der Waals surface area contributed by atoms with E-state index in [2.05, 4.69) is 10.2 Å². The Kier molecular flexibility index (Phi) is 9.13. The smallest absolute Gasteiger partial charge is 0.311 e. The maximum Gasteiger partial charge on any atom is 0.311 e. The molecule has 0 radical (unpaired) electrons. The summed E-state index contributed by atoms with van der Waals surface area (Å²) in [7, 11) is 0. The second-order valence-corrected chi connectivity index (χ2v) is 9.12. The van der Waals surface area contributed by atoms with Crippen LogP contribution in [0.25, 0.3) is 0 Å². The molecule has 0 amide bonds. The van der Waals surface area contributed by atoms with Crippen LogP contribution in [-0.2, 0) is 9.59 Å². The highest BCUT2D eigenvalue weighted by Crippen LogP contribution is 2.33. The highest BCUT2D eigenvalue weighted by atomic mass is 16.5. The Morgan fingerprint density at radius 3 is 1.29 bits per heavy atom. The first-order chi connectivity index (χ1) is 18.5. The van der Waals surface area contributed by atoms with E-state index >= 15 is 0 Å². The molecule has 38 heavy (non-hydrogen) atoms. The van der Waals surface area contributed by atoms with Crippen LogP contribution >= 0.6 is 0 Å². The Bertz CT molecular complexity index is 1280. The van der Waals surface area contributed by atoms with Gasteiger partial charge in [0, 0.05) is 0 Å². The summed E-state index contributed by atoms with van der Waals surface area (Å²) in [6, 6.07) is 33.6. The zero-order chi connectivity index (χ0) is 26.7. The van der Waals surface area contributed by atoms with Gasteiger partial charge in [0.05, 0.1) is 12.8 Å². The summed E-state index contributed by atoms with van der Waals surface area (Å²) in [5.41, 5.74) is 2.93. The van der Waals surface area contributed by atoms with E-state index in [-0.39, 0.29) is 36.6 Å². The summed E-state index contributed by atoms with van der Waals surface area (Å²) < 4.78 is 11.3. The van der Waals surface area contributed by atoms with Gasteiger partial charge >= 0.3 is 11.9 Å². The number of hydrogen-bond acceptors (Lipinski definition) is 6. The van der Waals surface area contributed by atoms with Crippen LogP contribution in [0.1, 0.15) is 49.7 Å². The maximum atomic E-state index is 12.6. The first-order valence-corrected chi connectivity index (χ1v) is 12.6. The summed E-state index contributed by atoms with van der Waals surface area (Å²) in [4.78, 5) is 25.3. The molecule has 4 aromatic rings. The van der Waals surface area contributed by atoms with Gasteiger partial charge in [-0.3, -0.25) is 9.59 Å². The van der Waals surface area contributed by atoms with Gasteiger partial charge < -0.3 is 9.47 Å². The van der Waals surface area contributed by atoms with Crippen molar-refractivity contribution in [2.24, 2.45) is 10.2 Å². The van der Waals surface area contributed by atoms with Crippen LogP contribution in [0.5, 0.6) is 11.5 Å². The molecule has 6 heteroatoms. The monoisotopic (exact) mass is 506 g/mol. The van der Waals surface area contributed by atoms with Gasteiger partial charge in [-0.05, 0) is 47.2 Å². The molecule has 4 aromatic carbocycles. The van der Waals surface area contributed by atoms with Crippen molar-refractivity contribution in [2.75, 3.05) is 0 Å². The van der Waals surface area contributed by atoms with Crippen LogP contribution in [0.2, 0.25) is 0 Å². The molecule has 6 nitrogen and oxygen atoms in total. The predicted octanol–water partition coefficient (Wildman–Crippen LogP) is 8.30. The quantitative estimate of drug-likeness (QED) is 0.123. The fourth-order valence-electron chi connectivity index (χ4n) is 3.99. The Balaban J connectivity index is 1.42. The third kappa shape index (κ3) is 7.46. The Morgan fingerprint density at radius 2 is 0.895 bits per heavy atom. The van der Waals surface area contributed by atoms with Crippen molar-refractivity contribution in [2.45, 2.75) is 38.5 Å². The van der Waals surface area contributed by atoms with E-state index in [0.29, 0.717) is 22.9 Å². The van der Waals surface area contributed by atoms with Crippen molar-refractivity contribution in [1.29, 1.82) is 0 Å². The standard InChI is InChI=1S/C32H30N2O4/c1-23(25-13-5-3-6-14-25)21-31(35)37-29-19-11-9-17-27(29)33-34-28-18-10-12-20-30(28)38-32(36)22-24(2)26-15-7-4-8-16-26/h3-20,23-24H,21-22H2,1-2H3/t23-,24?/m1/s1. The summed E-state index contributed by atoms with van der Waals surface area (Å²) in [6.45, 7) is 3.97. The fourth-order valence-corrected chi connectivity index (χ4v) is 3.99. The number of carbonyl (C=O) groups excluding carboxylic acids is 2. The van der Waals surface area contributed by atoms with Crippen LogP contribution in [-0.4, -0.2) is 11.9 Å². The van der Waals surface area contributed by atoms with E-state index in [1.54, 1.807) is 48.5 Å². The van der Waals surface area contributed by atoms with Crippen molar-refractivity contribution in [3.05, 3.63) is 120 Å². The van der Waals surface area contributed by atoms with Gasteiger partial charge in [0.2, 0.25) is 0 Å². The summed E-state index contributed by atoms with van der Waals surface area (Å²) in [5, 5.41) is 8.60. The molecule has 0 aliphatic heterocycles. The maximum absolute atomic E-state index is 12.6. The summed E-state index contributed by atoms with van der Waals surface area (Å²) in [5.74, 6) is -0.0515. The second-order valence-electron chi connectivity index (χ2n) is 9.12. The predicted molar refractivity (Wildman–Crippen MR) is 147 cm³/mol. The van der Waals surface area contributed by atoms with Crippen LogP contribution in [0, 0.1) is 0 Å². The van der Waals surface area contributed by atoms with E-state index in [1.807, 2.05) is 74.5 Å². The topological polar surface area (TPSA) is 77.3 Å². The summed E-state index contributed by atoms with van der Waals surface area (Å²) in [6.07, 6.45) is 0.464. The fraction of sp³-hybridized carbons (Fsp3) is 0.188. The van der Waals surface area contributed by atoms with Gasteiger partial charge in [0.25, 0.3) is 0 Å². The lowest BCUT2D eigenvalue weighted by Gasteiger charge is -2.12. The van der Waals surface area contributed by atoms with Gasteiger partial charge in [0.1, 0.15) is 11.4 Å². The molecular weight excluding hydrogens is 476 g/mol. The first kappa shape index (κ1) is 26.5. The first-order valence-electron chi connectivity index (χ1n) is 12.6. The van der Waals surface area contributed by atoms with Crippen molar-refractivity contribution in [3.8, 4) is 11.5 Å². The zero-order valence-corrected chi connectivity index (χ0v) is 21.5. The average Bonchev–Trinajstić information content (AvgIpc) is 2.94. The molecule has 4 rings (SSSR count). The minimum absolute atomic E-state index is 0.0173. The number of benzene rings is 4. The number of esters is 2. The molecule has 0 aliphatic carbocycles. The highest BCUT2D eigenvalue weighted by molar-refractivity contribution is 5.76.